The van der Waals surface area contributed by atoms with Crippen molar-refractivity contribution in [2.45, 2.75) is 24.8 Å². The fraction of sp³-hybridized carbons (Fsp3) is 0.310. The van der Waals surface area contributed by atoms with E-state index in [1.807, 2.05) is 68.7 Å². The fourth-order valence-corrected chi connectivity index (χ4v) is 4.57. The van der Waals surface area contributed by atoms with Gasteiger partial charge in [-0.05, 0) is 54.9 Å². The normalized spacial score (nSPS) is 13.1. The molecule has 0 saturated heterocycles. The first-order chi connectivity index (χ1) is 17.0. The number of carbonyl (C=O) groups excluding carboxylic acids is 2. The van der Waals surface area contributed by atoms with Crippen molar-refractivity contribution >= 4 is 12.0 Å². The molecule has 0 radical (unpaired) electrons. The summed E-state index contributed by atoms with van der Waals surface area (Å²) >= 11 is 0. The van der Waals surface area contributed by atoms with Gasteiger partial charge in [0.15, 0.2) is 0 Å². The Morgan fingerprint density at radius 1 is 0.886 bits per heavy atom. The molecule has 182 valence electrons. The molecule has 2 amide bonds. The van der Waals surface area contributed by atoms with Crippen molar-refractivity contribution in [3.8, 4) is 11.1 Å². The molecule has 6 nitrogen and oxygen atoms in total. The first-order valence-corrected chi connectivity index (χ1v) is 12.1. The van der Waals surface area contributed by atoms with Crippen molar-refractivity contribution in [2.24, 2.45) is 0 Å². The molecule has 3 aromatic carbocycles. The molecule has 1 aliphatic carbocycles. The standard InChI is InChI=1S/C29H33N3O3/c1-32(2)18-10-17-30-28(33)27(19-21-11-4-3-5-12-21)31-29(34)35-20-26-24-15-8-6-13-22(24)23-14-7-9-16-25(23)26/h3-9,11-16,26-27H,10,17-20H2,1-2H3,(H,30,33)(H,31,34)/t27-/m0/s1. The summed E-state index contributed by atoms with van der Waals surface area (Å²) in [7, 11) is 4.00. The molecule has 4 rings (SSSR count). The Hall–Kier alpha value is -3.64. The molecule has 2 N–H and O–H groups in total. The van der Waals surface area contributed by atoms with E-state index in [0.717, 1.165) is 29.7 Å². The summed E-state index contributed by atoms with van der Waals surface area (Å²) in [6, 6.07) is 25.4. The molecule has 0 spiro atoms. The molecule has 1 aliphatic rings. The SMILES string of the molecule is CN(C)CCCNC(=O)[C@H](Cc1ccccc1)NC(=O)OCC1c2ccccc2-c2ccccc21. The highest BCUT2D eigenvalue weighted by molar-refractivity contribution is 5.86. The van der Waals surface area contributed by atoms with Gasteiger partial charge in [-0.1, -0.05) is 78.9 Å². The summed E-state index contributed by atoms with van der Waals surface area (Å²) in [4.78, 5) is 27.8. The number of alkyl carbamates (subject to hydrolysis) is 1. The van der Waals surface area contributed by atoms with Crippen LogP contribution in [0.4, 0.5) is 4.79 Å². The van der Waals surface area contributed by atoms with E-state index in [0.29, 0.717) is 13.0 Å². The van der Waals surface area contributed by atoms with E-state index in [1.165, 1.54) is 11.1 Å². The Morgan fingerprint density at radius 3 is 2.11 bits per heavy atom. The van der Waals surface area contributed by atoms with Crippen LogP contribution in [0.5, 0.6) is 0 Å². The van der Waals surface area contributed by atoms with E-state index in [4.69, 9.17) is 4.74 Å². The Balaban J connectivity index is 1.40. The van der Waals surface area contributed by atoms with Gasteiger partial charge in [0, 0.05) is 18.9 Å². The van der Waals surface area contributed by atoms with Gasteiger partial charge in [0.25, 0.3) is 0 Å². The zero-order valence-corrected chi connectivity index (χ0v) is 20.4. The van der Waals surface area contributed by atoms with Crippen molar-refractivity contribution in [1.82, 2.24) is 15.5 Å². The third-order valence-corrected chi connectivity index (χ3v) is 6.32. The predicted molar refractivity (Wildman–Crippen MR) is 138 cm³/mol. The van der Waals surface area contributed by atoms with Gasteiger partial charge in [-0.15, -0.1) is 0 Å². The highest BCUT2D eigenvalue weighted by atomic mass is 16.5. The van der Waals surface area contributed by atoms with E-state index < -0.39 is 12.1 Å². The maximum Gasteiger partial charge on any atom is 0.407 e. The van der Waals surface area contributed by atoms with Crippen LogP contribution in [0.25, 0.3) is 11.1 Å². The van der Waals surface area contributed by atoms with Crippen molar-refractivity contribution in [3.63, 3.8) is 0 Å². The minimum Gasteiger partial charge on any atom is -0.449 e. The molecule has 0 unspecified atom stereocenters. The van der Waals surface area contributed by atoms with E-state index in [2.05, 4.69) is 39.8 Å². The van der Waals surface area contributed by atoms with Gasteiger partial charge in [0.05, 0.1) is 0 Å². The van der Waals surface area contributed by atoms with Gasteiger partial charge in [-0.2, -0.15) is 0 Å². The fourth-order valence-electron chi connectivity index (χ4n) is 4.57. The maximum absolute atomic E-state index is 12.9. The lowest BCUT2D eigenvalue weighted by atomic mass is 9.98. The van der Waals surface area contributed by atoms with Crippen LogP contribution in [-0.2, 0) is 16.0 Å². The topological polar surface area (TPSA) is 70.7 Å². The molecule has 0 saturated carbocycles. The van der Waals surface area contributed by atoms with Crippen LogP contribution in [-0.4, -0.2) is 56.7 Å². The minimum absolute atomic E-state index is 0.0272. The van der Waals surface area contributed by atoms with Gasteiger partial charge in [0.2, 0.25) is 5.91 Å². The number of benzene rings is 3. The third-order valence-electron chi connectivity index (χ3n) is 6.32. The number of nitrogens with zero attached hydrogens (tertiary/aromatic N) is 1. The Morgan fingerprint density at radius 2 is 1.49 bits per heavy atom. The number of carbonyl (C=O) groups is 2. The van der Waals surface area contributed by atoms with E-state index in [9.17, 15) is 9.59 Å². The Labute approximate surface area is 207 Å². The number of nitrogens with one attached hydrogen (secondary N) is 2. The van der Waals surface area contributed by atoms with Crippen molar-refractivity contribution in [3.05, 3.63) is 95.6 Å². The largest absolute Gasteiger partial charge is 0.449 e. The summed E-state index contributed by atoms with van der Waals surface area (Å²) in [5.41, 5.74) is 5.63. The molecule has 3 aromatic rings. The van der Waals surface area contributed by atoms with Crippen molar-refractivity contribution < 1.29 is 14.3 Å². The second-order valence-corrected chi connectivity index (χ2v) is 9.16. The Bertz CT molecular complexity index is 1100. The van der Waals surface area contributed by atoms with Gasteiger partial charge in [0.1, 0.15) is 12.6 Å². The first kappa shape index (κ1) is 24.5. The highest BCUT2D eigenvalue weighted by Gasteiger charge is 2.29. The summed E-state index contributed by atoms with van der Waals surface area (Å²) in [6.07, 6.45) is 0.642. The monoisotopic (exact) mass is 471 g/mol. The lowest BCUT2D eigenvalue weighted by Crippen LogP contribution is -2.48. The van der Waals surface area contributed by atoms with Gasteiger partial charge < -0.3 is 20.3 Å². The molecule has 35 heavy (non-hydrogen) atoms. The van der Waals surface area contributed by atoms with Crippen LogP contribution in [0.15, 0.2) is 78.9 Å². The first-order valence-electron chi connectivity index (χ1n) is 12.1. The Kier molecular flexibility index (Phi) is 8.16. The average Bonchev–Trinajstić information content (AvgIpc) is 3.19. The summed E-state index contributed by atoms with van der Waals surface area (Å²) < 4.78 is 5.68. The van der Waals surface area contributed by atoms with Gasteiger partial charge in [-0.25, -0.2) is 4.79 Å². The zero-order valence-electron chi connectivity index (χ0n) is 20.4. The van der Waals surface area contributed by atoms with Crippen LogP contribution in [0.2, 0.25) is 0 Å². The number of rotatable bonds is 10. The minimum atomic E-state index is -0.715. The second kappa shape index (κ2) is 11.7. The van der Waals surface area contributed by atoms with Crippen LogP contribution < -0.4 is 10.6 Å². The lowest BCUT2D eigenvalue weighted by molar-refractivity contribution is -0.123. The van der Waals surface area contributed by atoms with Gasteiger partial charge in [-0.3, -0.25) is 4.79 Å². The summed E-state index contributed by atoms with van der Waals surface area (Å²) in [5.74, 6) is -0.235. The molecule has 0 fully saturated rings. The van der Waals surface area contributed by atoms with Gasteiger partial charge >= 0.3 is 6.09 Å². The molecule has 0 aromatic heterocycles. The van der Waals surface area contributed by atoms with Crippen molar-refractivity contribution in [1.29, 1.82) is 0 Å². The number of amides is 2. The van der Waals surface area contributed by atoms with Crippen LogP contribution in [0, 0.1) is 0 Å². The third kappa shape index (κ3) is 6.28. The molecule has 1 atom stereocenters. The van der Waals surface area contributed by atoms with Crippen LogP contribution in [0.1, 0.15) is 29.0 Å². The highest BCUT2D eigenvalue weighted by Crippen LogP contribution is 2.44. The lowest BCUT2D eigenvalue weighted by Gasteiger charge is -2.20. The molecule has 0 bridgehead atoms. The van der Waals surface area contributed by atoms with Crippen LogP contribution >= 0.6 is 0 Å². The molecular formula is C29H33N3O3. The molecule has 6 heteroatoms. The maximum atomic E-state index is 12.9. The molecular weight excluding hydrogens is 438 g/mol. The zero-order chi connectivity index (χ0) is 24.6. The molecule has 0 aliphatic heterocycles. The summed E-state index contributed by atoms with van der Waals surface area (Å²) in [6.45, 7) is 1.64. The quantitative estimate of drug-likeness (QED) is 0.435. The smallest absolute Gasteiger partial charge is 0.407 e. The molecule has 0 heterocycles. The van der Waals surface area contributed by atoms with Crippen LogP contribution in [0.3, 0.4) is 0 Å². The average molecular weight is 472 g/mol. The number of hydrogen-bond donors (Lipinski definition) is 2. The number of fused-ring (bicyclic) bond motifs is 3. The second-order valence-electron chi connectivity index (χ2n) is 9.16. The summed E-state index contributed by atoms with van der Waals surface area (Å²) in [5, 5.41) is 5.75. The van der Waals surface area contributed by atoms with E-state index in [-0.39, 0.29) is 18.4 Å². The van der Waals surface area contributed by atoms with Crippen molar-refractivity contribution in [2.75, 3.05) is 33.8 Å². The van der Waals surface area contributed by atoms with E-state index in [1.54, 1.807) is 0 Å². The number of hydrogen-bond acceptors (Lipinski definition) is 4. The predicted octanol–water partition coefficient (Wildman–Crippen LogP) is 4.20. The number of ether oxygens (including phenoxy) is 1. The van der Waals surface area contributed by atoms with E-state index >= 15 is 0 Å².